The maximum Gasteiger partial charge on any atom is 0.408 e. The van der Waals surface area contributed by atoms with Gasteiger partial charge in [0.1, 0.15) is 5.60 Å². The fraction of sp³-hybridized carbons (Fsp3) is 0.438. The van der Waals surface area contributed by atoms with Crippen LogP contribution in [0.25, 0.3) is 0 Å². The second-order valence-corrected chi connectivity index (χ2v) is 6.15. The molecule has 0 saturated carbocycles. The number of alkyl carbamates (subject to hydrolysis) is 1. The molecule has 1 aromatic carbocycles. The summed E-state index contributed by atoms with van der Waals surface area (Å²) in [4.78, 5) is 12.0. The van der Waals surface area contributed by atoms with E-state index in [1.165, 1.54) is 0 Å². The Morgan fingerprint density at radius 2 is 2.19 bits per heavy atom. The van der Waals surface area contributed by atoms with E-state index >= 15 is 0 Å². The van der Waals surface area contributed by atoms with Crippen LogP contribution in [0.4, 0.5) is 16.2 Å². The van der Waals surface area contributed by atoms with Crippen molar-refractivity contribution in [1.29, 1.82) is 0 Å². The molecule has 1 atom stereocenters. The second kappa shape index (κ2) is 5.68. The number of nitrogens with one attached hydrogen (secondary N) is 2. The largest absolute Gasteiger partial charge is 0.444 e. The molecule has 0 bridgehead atoms. The van der Waals surface area contributed by atoms with Crippen molar-refractivity contribution in [2.75, 3.05) is 11.1 Å². The van der Waals surface area contributed by atoms with E-state index in [0.717, 1.165) is 16.9 Å². The molecular weight excluding hydrogens is 266 g/mol. The van der Waals surface area contributed by atoms with Crippen molar-refractivity contribution in [2.45, 2.75) is 45.8 Å². The van der Waals surface area contributed by atoms with Gasteiger partial charge >= 0.3 is 6.09 Å². The summed E-state index contributed by atoms with van der Waals surface area (Å²) in [6, 6.07) is 5.65. The van der Waals surface area contributed by atoms with Gasteiger partial charge in [0.05, 0.1) is 17.4 Å². The van der Waals surface area contributed by atoms with Crippen LogP contribution in [0.3, 0.4) is 0 Å². The first-order valence-electron chi connectivity index (χ1n) is 7.10. The summed E-state index contributed by atoms with van der Waals surface area (Å²) in [7, 11) is 0. The number of carbonyl (C=O) groups excluding carboxylic acids is 1. The van der Waals surface area contributed by atoms with Crippen molar-refractivity contribution in [2.24, 2.45) is 0 Å². The molecule has 4 N–H and O–H groups in total. The maximum atomic E-state index is 12.0. The van der Waals surface area contributed by atoms with E-state index in [1.807, 2.05) is 52.0 Å². The minimum Gasteiger partial charge on any atom is -0.444 e. The fourth-order valence-electron chi connectivity index (χ4n) is 2.36. The highest BCUT2D eigenvalue weighted by molar-refractivity contribution is 5.76. The number of rotatable bonds is 1. The predicted molar refractivity (Wildman–Crippen MR) is 85.1 cm³/mol. The number of benzene rings is 1. The van der Waals surface area contributed by atoms with Crippen molar-refractivity contribution in [3.05, 3.63) is 35.5 Å². The molecule has 1 aromatic rings. The average Bonchev–Trinajstić information content (AvgIpc) is 2.36. The highest BCUT2D eigenvalue weighted by Crippen LogP contribution is 2.31. The number of carbonyl (C=O) groups is 1. The van der Waals surface area contributed by atoms with Gasteiger partial charge in [-0.2, -0.15) is 0 Å². The summed E-state index contributed by atoms with van der Waals surface area (Å²) >= 11 is 0. The normalized spacial score (nSPS) is 19.6. The molecule has 0 saturated heterocycles. The molecule has 0 aromatic heterocycles. The number of ether oxygens (including phenoxy) is 1. The molecule has 5 heteroatoms. The number of amides is 1. The zero-order valence-electron chi connectivity index (χ0n) is 13.0. The quantitative estimate of drug-likeness (QED) is 0.695. The predicted octanol–water partition coefficient (Wildman–Crippen LogP) is 3.03. The lowest BCUT2D eigenvalue weighted by molar-refractivity contribution is 0.0512. The lowest BCUT2D eigenvalue weighted by Crippen LogP contribution is -2.44. The van der Waals surface area contributed by atoms with Gasteiger partial charge < -0.3 is 21.1 Å². The minimum absolute atomic E-state index is 0.140. The molecule has 1 unspecified atom stereocenters. The molecule has 1 heterocycles. The van der Waals surface area contributed by atoms with Gasteiger partial charge in [-0.25, -0.2) is 4.79 Å². The molecule has 5 nitrogen and oxygen atoms in total. The van der Waals surface area contributed by atoms with Crippen LogP contribution in [0.2, 0.25) is 0 Å². The Morgan fingerprint density at radius 1 is 1.48 bits per heavy atom. The van der Waals surface area contributed by atoms with Gasteiger partial charge in [0.25, 0.3) is 0 Å². The lowest BCUT2D eigenvalue weighted by Gasteiger charge is -2.31. The Balaban J connectivity index is 2.16. The van der Waals surface area contributed by atoms with Gasteiger partial charge in [0.2, 0.25) is 0 Å². The van der Waals surface area contributed by atoms with Crippen molar-refractivity contribution >= 4 is 17.5 Å². The Hall–Kier alpha value is -2.17. The number of anilines is 2. The van der Waals surface area contributed by atoms with Crippen LogP contribution >= 0.6 is 0 Å². The maximum absolute atomic E-state index is 12.0. The smallest absolute Gasteiger partial charge is 0.408 e. The number of allylic oxidation sites excluding steroid dienone is 1. The summed E-state index contributed by atoms with van der Waals surface area (Å²) in [5, 5.41) is 6.20. The molecule has 21 heavy (non-hydrogen) atoms. The number of hydrogen-bond donors (Lipinski definition) is 3. The molecule has 0 radical (unpaired) electrons. The second-order valence-electron chi connectivity index (χ2n) is 6.15. The van der Waals surface area contributed by atoms with E-state index in [-0.39, 0.29) is 6.04 Å². The number of nitrogens with two attached hydrogens (primary N) is 1. The first-order valence-corrected chi connectivity index (χ1v) is 7.10. The lowest BCUT2D eigenvalue weighted by atomic mass is 9.96. The van der Waals surface area contributed by atoms with Crippen LogP contribution in [0, 0.1) is 0 Å². The molecule has 1 amide bonds. The van der Waals surface area contributed by atoms with Gasteiger partial charge in [-0.05, 0) is 39.3 Å². The SMILES string of the molecule is CC=C1Nc2c(N)cccc2CC1NC(=O)OC(C)(C)C. The molecule has 1 aliphatic heterocycles. The number of para-hydroxylation sites is 1. The minimum atomic E-state index is -0.509. The van der Waals surface area contributed by atoms with Gasteiger partial charge in [0, 0.05) is 12.1 Å². The first-order chi connectivity index (χ1) is 9.80. The summed E-state index contributed by atoms with van der Waals surface area (Å²) in [6.07, 6.45) is 2.21. The summed E-state index contributed by atoms with van der Waals surface area (Å²) in [6.45, 7) is 7.46. The summed E-state index contributed by atoms with van der Waals surface area (Å²) in [5.41, 5.74) is 9.12. The van der Waals surface area contributed by atoms with Crippen LogP contribution in [-0.4, -0.2) is 17.7 Å². The first kappa shape index (κ1) is 15.2. The van der Waals surface area contributed by atoms with E-state index in [4.69, 9.17) is 10.5 Å². The van der Waals surface area contributed by atoms with E-state index in [1.54, 1.807) is 0 Å². The van der Waals surface area contributed by atoms with Gasteiger partial charge in [-0.1, -0.05) is 18.2 Å². The Kier molecular flexibility index (Phi) is 4.11. The summed E-state index contributed by atoms with van der Waals surface area (Å²) < 4.78 is 5.32. The van der Waals surface area contributed by atoms with Crippen molar-refractivity contribution in [3.8, 4) is 0 Å². The number of nitrogen functional groups attached to an aromatic ring is 1. The number of fused-ring (bicyclic) bond motifs is 1. The zero-order chi connectivity index (χ0) is 15.6. The molecular formula is C16H23N3O2. The van der Waals surface area contributed by atoms with Crippen molar-refractivity contribution in [3.63, 3.8) is 0 Å². The van der Waals surface area contributed by atoms with Crippen LogP contribution in [-0.2, 0) is 11.2 Å². The van der Waals surface area contributed by atoms with Crippen LogP contribution < -0.4 is 16.4 Å². The van der Waals surface area contributed by atoms with Crippen LogP contribution in [0.15, 0.2) is 30.0 Å². The molecule has 2 rings (SSSR count). The Labute approximate surface area is 125 Å². The summed E-state index contributed by atoms with van der Waals surface area (Å²) in [5.74, 6) is 0. The Bertz CT molecular complexity index is 573. The van der Waals surface area contributed by atoms with E-state index in [2.05, 4.69) is 10.6 Å². The third kappa shape index (κ3) is 3.68. The van der Waals surface area contributed by atoms with E-state index < -0.39 is 11.7 Å². The Morgan fingerprint density at radius 3 is 2.81 bits per heavy atom. The van der Waals surface area contributed by atoms with Crippen molar-refractivity contribution in [1.82, 2.24) is 5.32 Å². The molecule has 114 valence electrons. The zero-order valence-corrected chi connectivity index (χ0v) is 13.0. The molecule has 0 aliphatic carbocycles. The van der Waals surface area contributed by atoms with Gasteiger partial charge in [-0.3, -0.25) is 0 Å². The standard InChI is InChI=1S/C16H23N3O2/c1-5-12-13(19-15(20)21-16(2,3)4)9-10-7-6-8-11(17)14(10)18-12/h5-8,13,18H,9,17H2,1-4H3,(H,19,20). The highest BCUT2D eigenvalue weighted by Gasteiger charge is 2.27. The van der Waals surface area contributed by atoms with E-state index in [0.29, 0.717) is 12.1 Å². The van der Waals surface area contributed by atoms with Crippen molar-refractivity contribution < 1.29 is 9.53 Å². The molecule has 0 fully saturated rings. The van der Waals surface area contributed by atoms with Crippen LogP contribution in [0.1, 0.15) is 33.3 Å². The van der Waals surface area contributed by atoms with Gasteiger partial charge in [0.15, 0.2) is 0 Å². The third-order valence-electron chi connectivity index (χ3n) is 3.25. The molecule has 1 aliphatic rings. The highest BCUT2D eigenvalue weighted by atomic mass is 16.6. The third-order valence-corrected chi connectivity index (χ3v) is 3.25. The molecule has 0 spiro atoms. The number of hydrogen-bond acceptors (Lipinski definition) is 4. The van der Waals surface area contributed by atoms with Gasteiger partial charge in [-0.15, -0.1) is 0 Å². The topological polar surface area (TPSA) is 76.4 Å². The monoisotopic (exact) mass is 289 g/mol. The van der Waals surface area contributed by atoms with E-state index in [9.17, 15) is 4.79 Å². The fourth-order valence-corrected chi connectivity index (χ4v) is 2.36. The average molecular weight is 289 g/mol. The van der Waals surface area contributed by atoms with Crippen LogP contribution in [0.5, 0.6) is 0 Å².